The third kappa shape index (κ3) is 7.38. The van der Waals surface area contributed by atoms with Gasteiger partial charge >= 0.3 is 6.03 Å². The predicted molar refractivity (Wildman–Crippen MR) is 181 cm³/mol. The van der Waals surface area contributed by atoms with Crippen LogP contribution in [0.2, 0.25) is 0 Å². The number of hydrogen-bond acceptors (Lipinski definition) is 8. The zero-order valence-electron chi connectivity index (χ0n) is 26.8. The minimum atomic E-state index is -0.263. The number of nitrogens with zero attached hydrogens (tertiary/aromatic N) is 5. The van der Waals surface area contributed by atoms with Crippen LogP contribution < -0.4 is 10.6 Å². The standard InChI is InChI=1S/C35H39N7O4S/c1-23-19-24(2)42(39-23)35(45)37-14-18-46-26-9-6-15-40(21-26)16-13-32(43)41-17-12-28-30(20-36)34(47-31(28)22-41)38-33(44)29-11-5-8-25-7-3-4-10-27(25)29/h3-5,7-8,10-11,19,26H,6,9,12-18,21-22H2,1-2H3,(H,37,45)(H,38,44). The van der Waals surface area contributed by atoms with Gasteiger partial charge < -0.3 is 25.2 Å². The number of nitrogens with one attached hydrogen (secondary N) is 2. The van der Waals surface area contributed by atoms with Gasteiger partial charge in [-0.2, -0.15) is 15.0 Å². The van der Waals surface area contributed by atoms with E-state index in [1.807, 2.05) is 61.2 Å². The number of benzene rings is 2. The van der Waals surface area contributed by atoms with Crippen molar-refractivity contribution in [1.29, 1.82) is 5.26 Å². The molecule has 1 saturated heterocycles. The summed E-state index contributed by atoms with van der Waals surface area (Å²) in [7, 11) is 0. The average Bonchev–Trinajstić information content (AvgIpc) is 3.62. The number of piperidine rings is 1. The fourth-order valence-corrected chi connectivity index (χ4v) is 7.68. The number of carbonyl (C=O) groups excluding carboxylic acids is 3. The maximum atomic E-state index is 13.3. The first-order valence-electron chi connectivity index (χ1n) is 16.1. The van der Waals surface area contributed by atoms with E-state index in [9.17, 15) is 19.6 Å². The van der Waals surface area contributed by atoms with Gasteiger partial charge in [0.2, 0.25) is 5.91 Å². The Bertz CT molecular complexity index is 1840. The predicted octanol–water partition coefficient (Wildman–Crippen LogP) is 4.85. The van der Waals surface area contributed by atoms with Crippen molar-refractivity contribution in [2.45, 2.75) is 52.2 Å². The highest BCUT2D eigenvalue weighted by molar-refractivity contribution is 7.16. The Labute approximate surface area is 278 Å². The third-order valence-electron chi connectivity index (χ3n) is 8.82. The number of thiophene rings is 1. The molecule has 2 aromatic heterocycles. The van der Waals surface area contributed by atoms with Crippen molar-refractivity contribution >= 4 is 45.0 Å². The van der Waals surface area contributed by atoms with Gasteiger partial charge in [0.25, 0.3) is 5.91 Å². The second kappa shape index (κ2) is 14.5. The second-order valence-corrected chi connectivity index (χ2v) is 13.2. The number of anilines is 1. The molecule has 2 aliphatic rings. The van der Waals surface area contributed by atoms with Crippen LogP contribution in [0.3, 0.4) is 0 Å². The number of aryl methyl sites for hydroxylation is 2. The lowest BCUT2D eigenvalue weighted by molar-refractivity contribution is -0.132. The number of carbonyl (C=O) groups is 3. The molecule has 12 heteroatoms. The average molecular weight is 654 g/mol. The summed E-state index contributed by atoms with van der Waals surface area (Å²) in [5.74, 6) is -0.170. The van der Waals surface area contributed by atoms with E-state index in [4.69, 9.17) is 4.74 Å². The summed E-state index contributed by atoms with van der Waals surface area (Å²) in [4.78, 5) is 44.0. The summed E-state index contributed by atoms with van der Waals surface area (Å²) in [6, 6.07) is 17.2. The first-order chi connectivity index (χ1) is 22.8. The van der Waals surface area contributed by atoms with Crippen LogP contribution in [0, 0.1) is 25.2 Å². The van der Waals surface area contributed by atoms with E-state index in [0.29, 0.717) is 61.8 Å². The normalized spacial score (nSPS) is 16.4. The Morgan fingerprint density at radius 3 is 2.77 bits per heavy atom. The molecule has 2 N–H and O–H groups in total. The van der Waals surface area contributed by atoms with Gasteiger partial charge in [-0.15, -0.1) is 11.3 Å². The molecule has 0 aliphatic carbocycles. The van der Waals surface area contributed by atoms with E-state index in [-0.39, 0.29) is 23.9 Å². The van der Waals surface area contributed by atoms with Gasteiger partial charge in [0.1, 0.15) is 11.1 Å². The molecule has 0 bridgehead atoms. The van der Waals surface area contributed by atoms with Gasteiger partial charge in [0.05, 0.1) is 30.5 Å². The lowest BCUT2D eigenvalue weighted by atomic mass is 10.0. The monoisotopic (exact) mass is 653 g/mol. The highest BCUT2D eigenvalue weighted by atomic mass is 32.1. The van der Waals surface area contributed by atoms with E-state index in [2.05, 4.69) is 26.7 Å². The number of likely N-dealkylation sites (tertiary alicyclic amines) is 1. The van der Waals surface area contributed by atoms with Gasteiger partial charge in [-0.05, 0) is 68.1 Å². The Morgan fingerprint density at radius 2 is 1.96 bits per heavy atom. The van der Waals surface area contributed by atoms with Crippen molar-refractivity contribution in [3.63, 3.8) is 0 Å². The summed E-state index contributed by atoms with van der Waals surface area (Å²) < 4.78 is 7.43. The highest BCUT2D eigenvalue weighted by Gasteiger charge is 2.29. The molecule has 1 unspecified atom stereocenters. The van der Waals surface area contributed by atoms with Gasteiger partial charge in [-0.25, -0.2) is 4.79 Å². The number of amides is 3. The summed E-state index contributed by atoms with van der Waals surface area (Å²) >= 11 is 1.39. The molecule has 1 atom stereocenters. The maximum absolute atomic E-state index is 13.3. The largest absolute Gasteiger partial charge is 0.375 e. The molecule has 0 radical (unpaired) electrons. The highest BCUT2D eigenvalue weighted by Crippen LogP contribution is 2.37. The van der Waals surface area contributed by atoms with Crippen LogP contribution in [-0.2, 0) is 22.5 Å². The van der Waals surface area contributed by atoms with Crippen LogP contribution >= 0.6 is 11.3 Å². The quantitative estimate of drug-likeness (QED) is 0.247. The Morgan fingerprint density at radius 1 is 1.13 bits per heavy atom. The van der Waals surface area contributed by atoms with E-state index < -0.39 is 0 Å². The van der Waals surface area contributed by atoms with Crippen LogP contribution in [0.25, 0.3) is 10.8 Å². The Hall–Kier alpha value is -4.57. The number of aromatic nitrogens is 2. The Balaban J connectivity index is 0.978. The molecule has 1 fully saturated rings. The lowest BCUT2D eigenvalue weighted by Gasteiger charge is -2.33. The van der Waals surface area contributed by atoms with Gasteiger partial charge in [-0.3, -0.25) is 9.59 Å². The number of ether oxygens (including phenoxy) is 1. The molecule has 0 spiro atoms. The summed E-state index contributed by atoms with van der Waals surface area (Å²) in [5, 5.41) is 22.4. The van der Waals surface area contributed by atoms with E-state index >= 15 is 0 Å². The van der Waals surface area contributed by atoms with E-state index in [1.165, 1.54) is 16.0 Å². The molecule has 244 valence electrons. The number of nitriles is 1. The fourth-order valence-electron chi connectivity index (χ4n) is 6.47. The number of rotatable bonds is 9. The van der Waals surface area contributed by atoms with Gasteiger partial charge in [-0.1, -0.05) is 36.4 Å². The second-order valence-electron chi connectivity index (χ2n) is 12.1. The number of hydrogen-bond donors (Lipinski definition) is 2. The van der Waals surface area contributed by atoms with Crippen molar-refractivity contribution < 1.29 is 19.1 Å². The number of fused-ring (bicyclic) bond motifs is 2. The molecular weight excluding hydrogens is 614 g/mol. The van der Waals surface area contributed by atoms with Crippen molar-refractivity contribution in [2.75, 3.05) is 44.6 Å². The minimum absolute atomic E-state index is 0.0556. The summed E-state index contributed by atoms with van der Waals surface area (Å²) in [6.45, 7) is 7.81. The topological polar surface area (TPSA) is 133 Å². The molecule has 0 saturated carbocycles. The van der Waals surface area contributed by atoms with Crippen LogP contribution in [-0.4, -0.2) is 82.9 Å². The van der Waals surface area contributed by atoms with Crippen molar-refractivity contribution in [1.82, 2.24) is 24.9 Å². The molecule has 6 rings (SSSR count). The molecule has 2 aromatic carbocycles. The smallest absolute Gasteiger partial charge is 0.342 e. The van der Waals surface area contributed by atoms with Crippen molar-refractivity contribution in [3.05, 3.63) is 81.5 Å². The van der Waals surface area contributed by atoms with Crippen LogP contribution in [0.5, 0.6) is 0 Å². The fraction of sp³-hybridized carbons (Fsp3) is 0.400. The van der Waals surface area contributed by atoms with Crippen molar-refractivity contribution in [2.24, 2.45) is 0 Å². The molecule has 4 aromatic rings. The molecule has 4 heterocycles. The molecule has 3 amide bonds. The molecule has 2 aliphatic heterocycles. The first-order valence-corrected chi connectivity index (χ1v) is 16.9. The molecule has 11 nitrogen and oxygen atoms in total. The SMILES string of the molecule is Cc1cc(C)n(C(=O)NCCOC2CCCN(CCC(=O)N3CCc4c(sc(NC(=O)c5cccc6ccccc56)c4C#N)C3)C2)n1. The summed E-state index contributed by atoms with van der Waals surface area (Å²) in [5.41, 5.74) is 3.57. The van der Waals surface area contributed by atoms with Crippen molar-refractivity contribution in [3.8, 4) is 6.07 Å². The minimum Gasteiger partial charge on any atom is -0.375 e. The van der Waals surface area contributed by atoms with E-state index in [1.54, 1.807) is 6.07 Å². The zero-order chi connectivity index (χ0) is 32.9. The lowest BCUT2D eigenvalue weighted by Crippen LogP contribution is -2.43. The van der Waals surface area contributed by atoms with Gasteiger partial charge in [0, 0.05) is 48.7 Å². The third-order valence-corrected chi connectivity index (χ3v) is 9.95. The maximum Gasteiger partial charge on any atom is 0.342 e. The molecule has 47 heavy (non-hydrogen) atoms. The van der Waals surface area contributed by atoms with Gasteiger partial charge in [0.15, 0.2) is 0 Å². The van der Waals surface area contributed by atoms with Crippen LogP contribution in [0.1, 0.15) is 57.0 Å². The zero-order valence-corrected chi connectivity index (χ0v) is 27.6. The Kier molecular flexibility index (Phi) is 9.96. The summed E-state index contributed by atoms with van der Waals surface area (Å²) in [6.07, 6.45) is 2.98. The molecular formula is C35H39N7O4S. The van der Waals surface area contributed by atoms with E-state index in [0.717, 1.165) is 58.5 Å². The van der Waals surface area contributed by atoms with Crippen LogP contribution in [0.4, 0.5) is 9.80 Å². The first kappa shape index (κ1) is 32.4. The van der Waals surface area contributed by atoms with Crippen LogP contribution in [0.15, 0.2) is 48.5 Å².